The number of aliphatic hydroxyl groups is 8. The molecule has 228 valence electrons. The fraction of sp³-hybridized carbons (Fsp3) is 0.444. The van der Waals surface area contributed by atoms with Crippen LogP contribution in [0.25, 0.3) is 6.08 Å². The highest BCUT2D eigenvalue weighted by atomic mass is 16.7. The summed E-state index contributed by atoms with van der Waals surface area (Å²) < 4.78 is 28.0. The number of benzene rings is 2. The zero-order valence-corrected chi connectivity index (χ0v) is 21.7. The largest absolute Gasteiger partial charge is 0.508 e. The molecule has 2 aromatic rings. The highest BCUT2D eigenvalue weighted by Crippen LogP contribution is 2.43. The first-order chi connectivity index (χ1) is 20.0. The van der Waals surface area contributed by atoms with Gasteiger partial charge in [-0.05, 0) is 23.8 Å². The summed E-state index contributed by atoms with van der Waals surface area (Å²) in [5, 5.41) is 89.9. The quantitative estimate of drug-likeness (QED) is 0.149. The SMILES string of the molecule is O=C1C(=Cc2ccc(O)cc2)Oc2cc(O[C@@H]3OC(CO)[C@@H](O)[C@H](O)C3O)cc(O[C@@H]3OC(CO)[C@@H](O)[C@H](O)C3O)c21. The molecule has 0 aromatic heterocycles. The van der Waals surface area contributed by atoms with Crippen LogP contribution in [-0.4, -0.2) is 126 Å². The number of ether oxygens (including phenoxy) is 5. The zero-order valence-electron chi connectivity index (χ0n) is 21.7. The van der Waals surface area contributed by atoms with Gasteiger partial charge >= 0.3 is 0 Å². The Kier molecular flexibility index (Phi) is 8.68. The van der Waals surface area contributed by atoms with E-state index in [2.05, 4.69) is 0 Å². The molecule has 9 N–H and O–H groups in total. The van der Waals surface area contributed by atoms with Crippen molar-refractivity contribution in [3.8, 4) is 23.0 Å². The van der Waals surface area contributed by atoms with Crippen molar-refractivity contribution in [3.63, 3.8) is 0 Å². The maximum Gasteiger partial charge on any atom is 0.235 e. The molecular formula is C27H30O15. The Bertz CT molecular complexity index is 1310. The van der Waals surface area contributed by atoms with E-state index in [0.717, 1.165) is 6.07 Å². The van der Waals surface area contributed by atoms with Gasteiger partial charge in [0.2, 0.25) is 18.4 Å². The number of allylic oxidation sites excluding steroid dienone is 1. The first-order valence-corrected chi connectivity index (χ1v) is 12.9. The molecule has 2 fully saturated rings. The molecule has 0 radical (unpaired) electrons. The van der Waals surface area contributed by atoms with E-state index in [1.54, 1.807) is 0 Å². The summed E-state index contributed by atoms with van der Waals surface area (Å²) in [5.74, 6) is -1.39. The molecule has 15 heteroatoms. The second-order valence-electron chi connectivity index (χ2n) is 9.96. The van der Waals surface area contributed by atoms with Crippen molar-refractivity contribution in [1.82, 2.24) is 0 Å². The summed E-state index contributed by atoms with van der Waals surface area (Å²) in [6.45, 7) is -1.44. The van der Waals surface area contributed by atoms with Crippen LogP contribution < -0.4 is 14.2 Å². The topological polar surface area (TPSA) is 245 Å². The van der Waals surface area contributed by atoms with E-state index in [-0.39, 0.29) is 34.3 Å². The van der Waals surface area contributed by atoms with Gasteiger partial charge in [0.25, 0.3) is 0 Å². The monoisotopic (exact) mass is 594 g/mol. The van der Waals surface area contributed by atoms with Gasteiger partial charge in [-0.1, -0.05) is 12.1 Å². The molecule has 0 aliphatic carbocycles. The summed E-state index contributed by atoms with van der Waals surface area (Å²) in [4.78, 5) is 13.4. The van der Waals surface area contributed by atoms with Crippen molar-refractivity contribution in [2.45, 2.75) is 61.4 Å². The Morgan fingerprint density at radius 3 is 1.83 bits per heavy atom. The first kappa shape index (κ1) is 30.1. The summed E-state index contributed by atoms with van der Waals surface area (Å²) in [7, 11) is 0. The Labute approximate surface area is 237 Å². The third-order valence-electron chi connectivity index (χ3n) is 7.09. The standard InChI is InChI=1S/C27H30O15/c28-8-16-20(32)22(34)24(36)26(41-16)38-12-6-13-18(19(31)15(39-13)5-10-1-3-11(30)4-2-10)14(7-12)40-27-25(37)23(35)21(33)17(9-29)42-27/h1-7,16-17,20-30,32-37H,8-9H2/t16?,17?,20-,21-,22+,23+,24?,25?,26-,27-/m1/s1. The number of phenols is 1. The van der Waals surface area contributed by atoms with Gasteiger partial charge < -0.3 is 69.6 Å². The molecule has 2 aromatic carbocycles. The van der Waals surface area contributed by atoms with Gasteiger partial charge in [0.1, 0.15) is 77.4 Å². The van der Waals surface area contributed by atoms with Gasteiger partial charge in [0.05, 0.1) is 13.2 Å². The van der Waals surface area contributed by atoms with Crippen LogP contribution in [0.5, 0.6) is 23.0 Å². The lowest BCUT2D eigenvalue weighted by molar-refractivity contribution is -0.278. The Balaban J connectivity index is 1.50. The van der Waals surface area contributed by atoms with Crippen LogP contribution >= 0.6 is 0 Å². The Morgan fingerprint density at radius 2 is 1.29 bits per heavy atom. The van der Waals surface area contributed by atoms with Crippen LogP contribution in [0.1, 0.15) is 15.9 Å². The highest BCUT2D eigenvalue weighted by molar-refractivity contribution is 6.16. The van der Waals surface area contributed by atoms with Crippen molar-refractivity contribution in [2.75, 3.05) is 13.2 Å². The molecular weight excluding hydrogens is 564 g/mol. The Hall–Kier alpha value is -3.35. The fourth-order valence-electron chi connectivity index (χ4n) is 4.72. The van der Waals surface area contributed by atoms with E-state index in [1.807, 2.05) is 0 Å². The number of carbonyl (C=O) groups excluding carboxylic acids is 1. The van der Waals surface area contributed by atoms with E-state index in [0.29, 0.717) is 5.56 Å². The van der Waals surface area contributed by atoms with E-state index in [4.69, 9.17) is 23.7 Å². The van der Waals surface area contributed by atoms with Crippen LogP contribution in [0.4, 0.5) is 0 Å². The lowest BCUT2D eigenvalue weighted by Crippen LogP contribution is -2.60. The number of fused-ring (bicyclic) bond motifs is 1. The number of Topliss-reactive ketones (excluding diaryl/α,β-unsaturated/α-hetero) is 1. The zero-order chi connectivity index (χ0) is 30.3. The molecule has 42 heavy (non-hydrogen) atoms. The molecule has 10 atom stereocenters. The smallest absolute Gasteiger partial charge is 0.235 e. The molecule has 5 rings (SSSR count). The van der Waals surface area contributed by atoms with Crippen LogP contribution in [0, 0.1) is 0 Å². The van der Waals surface area contributed by atoms with Crippen molar-refractivity contribution in [1.29, 1.82) is 0 Å². The molecule has 0 spiro atoms. The molecule has 0 saturated carbocycles. The van der Waals surface area contributed by atoms with Gasteiger partial charge in [-0.25, -0.2) is 0 Å². The van der Waals surface area contributed by atoms with Crippen molar-refractivity contribution in [3.05, 3.63) is 53.3 Å². The van der Waals surface area contributed by atoms with E-state index in [9.17, 15) is 50.8 Å². The average Bonchev–Trinajstić information content (AvgIpc) is 3.29. The molecule has 3 heterocycles. The van der Waals surface area contributed by atoms with E-state index < -0.39 is 80.4 Å². The fourth-order valence-corrected chi connectivity index (χ4v) is 4.72. The maximum absolute atomic E-state index is 13.4. The van der Waals surface area contributed by atoms with Gasteiger partial charge in [-0.15, -0.1) is 0 Å². The van der Waals surface area contributed by atoms with Gasteiger partial charge in [-0.2, -0.15) is 0 Å². The molecule has 2 saturated heterocycles. The summed E-state index contributed by atoms with van der Waals surface area (Å²) in [5.41, 5.74) is 0.344. The summed E-state index contributed by atoms with van der Waals surface area (Å²) in [6, 6.07) is 8.25. The van der Waals surface area contributed by atoms with Crippen molar-refractivity contribution < 1.29 is 74.4 Å². The molecule has 4 unspecified atom stereocenters. The molecule has 0 bridgehead atoms. The number of phenolic OH excluding ortho intramolecular Hbond substituents is 1. The summed E-state index contributed by atoms with van der Waals surface area (Å²) in [6.07, 6.45) is -14.9. The van der Waals surface area contributed by atoms with Gasteiger partial charge in [0.15, 0.2) is 5.76 Å². The molecule has 0 amide bonds. The minimum atomic E-state index is -1.82. The predicted octanol–water partition coefficient (Wildman–Crippen LogP) is -2.63. The first-order valence-electron chi connectivity index (χ1n) is 12.9. The molecule has 3 aliphatic rings. The number of aliphatic hydroxyl groups excluding tert-OH is 8. The lowest BCUT2D eigenvalue weighted by Gasteiger charge is -2.40. The maximum atomic E-state index is 13.4. The van der Waals surface area contributed by atoms with Gasteiger partial charge in [-0.3, -0.25) is 4.79 Å². The van der Waals surface area contributed by atoms with Crippen LogP contribution in [-0.2, 0) is 9.47 Å². The lowest BCUT2D eigenvalue weighted by atomic mass is 9.99. The van der Waals surface area contributed by atoms with Crippen molar-refractivity contribution >= 4 is 11.9 Å². The van der Waals surface area contributed by atoms with E-state index in [1.165, 1.54) is 36.4 Å². The number of aromatic hydroxyl groups is 1. The Morgan fingerprint density at radius 1 is 0.738 bits per heavy atom. The number of hydrogen-bond acceptors (Lipinski definition) is 15. The molecule has 15 nitrogen and oxygen atoms in total. The minimum Gasteiger partial charge on any atom is -0.508 e. The number of hydrogen-bond donors (Lipinski definition) is 9. The second kappa shape index (κ2) is 12.1. The normalized spacial score (nSPS) is 35.5. The predicted molar refractivity (Wildman–Crippen MR) is 136 cm³/mol. The van der Waals surface area contributed by atoms with Gasteiger partial charge in [0, 0.05) is 12.1 Å². The highest BCUT2D eigenvalue weighted by Gasteiger charge is 2.47. The summed E-state index contributed by atoms with van der Waals surface area (Å²) >= 11 is 0. The minimum absolute atomic E-state index is 0.00398. The van der Waals surface area contributed by atoms with Crippen LogP contribution in [0.2, 0.25) is 0 Å². The average molecular weight is 595 g/mol. The third-order valence-corrected chi connectivity index (χ3v) is 7.09. The number of rotatable bonds is 7. The van der Waals surface area contributed by atoms with E-state index >= 15 is 0 Å². The van der Waals surface area contributed by atoms with Crippen LogP contribution in [0.3, 0.4) is 0 Å². The molecule has 3 aliphatic heterocycles. The van der Waals surface area contributed by atoms with Crippen molar-refractivity contribution in [2.24, 2.45) is 0 Å². The number of ketones is 1. The number of carbonyl (C=O) groups is 1. The second-order valence-corrected chi connectivity index (χ2v) is 9.96. The van der Waals surface area contributed by atoms with Crippen LogP contribution in [0.15, 0.2) is 42.2 Å². The third kappa shape index (κ3) is 5.67.